The second-order valence-electron chi connectivity index (χ2n) is 4.35. The van der Waals surface area contributed by atoms with Crippen molar-refractivity contribution < 1.29 is 39.5 Å². The summed E-state index contributed by atoms with van der Waals surface area (Å²) in [6.45, 7) is 0. The molecule has 128 valence electrons. The number of hydrogen-bond donors (Lipinski definition) is 2. The van der Waals surface area contributed by atoms with Gasteiger partial charge in [-0.25, -0.2) is 0 Å². The van der Waals surface area contributed by atoms with E-state index in [1.807, 2.05) is 0 Å². The number of benzene rings is 2. The van der Waals surface area contributed by atoms with Gasteiger partial charge >= 0.3 is 37.7 Å². The Morgan fingerprint density at radius 1 is 0.800 bits per heavy atom. The van der Waals surface area contributed by atoms with Gasteiger partial charge in [0.15, 0.2) is 23.0 Å². The molecule has 8 nitrogen and oxygen atoms in total. The average Bonchev–Trinajstić information content (AvgIpc) is 2.55. The third-order valence-corrected chi connectivity index (χ3v) is 2.83. The van der Waals surface area contributed by atoms with E-state index in [0.29, 0.717) is 0 Å². The van der Waals surface area contributed by atoms with Crippen molar-refractivity contribution in [3.8, 4) is 23.0 Å². The second kappa shape index (κ2) is 10.7. The van der Waals surface area contributed by atoms with Gasteiger partial charge in [0.25, 0.3) is 0 Å². The van der Waals surface area contributed by atoms with Crippen molar-refractivity contribution in [2.24, 2.45) is 0 Å². The van der Waals surface area contributed by atoms with E-state index in [9.17, 15) is 19.8 Å². The Morgan fingerprint density at radius 2 is 1.12 bits per heavy atom. The van der Waals surface area contributed by atoms with Crippen LogP contribution in [0.3, 0.4) is 0 Å². The fourth-order valence-electron chi connectivity index (χ4n) is 1.61. The van der Waals surface area contributed by atoms with Gasteiger partial charge in [-0.05, 0) is 36.4 Å². The molecule has 0 saturated carbocycles. The van der Waals surface area contributed by atoms with Crippen LogP contribution in [0.5, 0.6) is 23.0 Å². The van der Waals surface area contributed by atoms with Crippen molar-refractivity contribution in [1.82, 2.24) is 0 Å². The molecule has 2 N–H and O–H groups in total. The van der Waals surface area contributed by atoms with Gasteiger partial charge in [-0.2, -0.15) is 0 Å². The van der Waals surface area contributed by atoms with Gasteiger partial charge < -0.3 is 39.5 Å². The van der Waals surface area contributed by atoms with E-state index in [2.05, 4.69) is 0 Å². The maximum atomic E-state index is 10.3. The number of hydrogen-bond acceptors (Lipinski definition) is 8. The molecule has 0 unspecified atom stereocenters. The van der Waals surface area contributed by atoms with Crippen LogP contribution >= 0.6 is 0 Å². The van der Waals surface area contributed by atoms with Crippen molar-refractivity contribution in [3.63, 3.8) is 0 Å². The van der Waals surface area contributed by atoms with Gasteiger partial charge in [-0.15, -0.1) is 0 Å². The van der Waals surface area contributed by atoms with E-state index in [4.69, 9.17) is 19.7 Å². The first-order chi connectivity index (χ1) is 11.3. The number of rotatable bonds is 4. The Kier molecular flexibility index (Phi) is 9.73. The summed E-state index contributed by atoms with van der Waals surface area (Å²) in [5.74, 6) is -2.54. The van der Waals surface area contributed by atoms with Crippen LogP contribution in [0, 0.1) is 0 Å². The molecule has 0 radical (unpaired) electrons. The van der Waals surface area contributed by atoms with Crippen LogP contribution in [0.25, 0.3) is 0 Å². The van der Waals surface area contributed by atoms with E-state index in [0.717, 1.165) is 0 Å². The molecule has 2 aromatic carbocycles. The molecular formula is C16H14CaO8. The summed E-state index contributed by atoms with van der Waals surface area (Å²) >= 11 is 0. The molecule has 0 bridgehead atoms. The SMILES string of the molecule is COc1cc(C(=O)[O-])ccc1O.COc1cc(C(=O)[O-])ccc1O.[Ca+2]. The third-order valence-electron chi connectivity index (χ3n) is 2.83. The first-order valence-corrected chi connectivity index (χ1v) is 6.46. The molecule has 0 aliphatic rings. The summed E-state index contributed by atoms with van der Waals surface area (Å²) in [5, 5.41) is 38.8. The van der Waals surface area contributed by atoms with Crippen molar-refractivity contribution in [2.75, 3.05) is 14.2 Å². The van der Waals surface area contributed by atoms with Gasteiger partial charge in [0.05, 0.1) is 26.2 Å². The zero-order chi connectivity index (χ0) is 18.3. The van der Waals surface area contributed by atoms with Crippen molar-refractivity contribution in [3.05, 3.63) is 47.5 Å². The Balaban J connectivity index is 0.000000443. The maximum Gasteiger partial charge on any atom is 2.00 e. The molecule has 0 fully saturated rings. The summed E-state index contributed by atoms with van der Waals surface area (Å²) in [4.78, 5) is 20.7. The van der Waals surface area contributed by atoms with Crippen molar-refractivity contribution >= 4 is 49.7 Å². The minimum absolute atomic E-state index is 0. The first-order valence-electron chi connectivity index (χ1n) is 6.46. The largest absolute Gasteiger partial charge is 2.00 e. The quantitative estimate of drug-likeness (QED) is 0.660. The molecule has 0 heterocycles. The molecule has 2 rings (SSSR count). The van der Waals surface area contributed by atoms with Crippen molar-refractivity contribution in [1.29, 1.82) is 0 Å². The molecular weight excluding hydrogens is 360 g/mol. The zero-order valence-electron chi connectivity index (χ0n) is 13.5. The van der Waals surface area contributed by atoms with E-state index in [1.165, 1.54) is 50.6 Å². The number of carboxylic acids is 2. The fraction of sp³-hybridized carbons (Fsp3) is 0.125. The van der Waals surface area contributed by atoms with Crippen LogP contribution in [0.15, 0.2) is 36.4 Å². The topological polar surface area (TPSA) is 139 Å². The van der Waals surface area contributed by atoms with Crippen LogP contribution in [0.4, 0.5) is 0 Å². The maximum absolute atomic E-state index is 10.3. The second-order valence-corrected chi connectivity index (χ2v) is 4.35. The predicted octanol–water partition coefficient (Wildman–Crippen LogP) is -0.852. The number of ether oxygens (including phenoxy) is 2. The number of phenols is 2. The molecule has 0 aliphatic carbocycles. The van der Waals surface area contributed by atoms with E-state index >= 15 is 0 Å². The van der Waals surface area contributed by atoms with Crippen molar-refractivity contribution in [2.45, 2.75) is 0 Å². The monoisotopic (exact) mass is 374 g/mol. The number of aromatic hydroxyl groups is 2. The van der Waals surface area contributed by atoms with E-state index in [1.54, 1.807) is 0 Å². The van der Waals surface area contributed by atoms with Crippen LogP contribution in [0.2, 0.25) is 0 Å². The Hall–Kier alpha value is -2.16. The van der Waals surface area contributed by atoms with Crippen LogP contribution < -0.4 is 19.7 Å². The summed E-state index contributed by atoms with van der Waals surface area (Å²) in [6.07, 6.45) is 0. The van der Waals surface area contributed by atoms with E-state index < -0.39 is 11.9 Å². The van der Waals surface area contributed by atoms with Gasteiger partial charge in [-0.3, -0.25) is 0 Å². The number of phenolic OH excluding ortho intramolecular Hbond substituents is 2. The molecule has 25 heavy (non-hydrogen) atoms. The van der Waals surface area contributed by atoms with Crippen LogP contribution in [-0.2, 0) is 0 Å². The normalized spacial score (nSPS) is 9.04. The number of methoxy groups -OCH3 is 2. The standard InChI is InChI=1S/2C8H8O4.Ca/c2*1-12-7-4-5(8(10)11)2-3-6(7)9;/h2*2-4,9H,1H3,(H,10,11);/q;;+2/p-2. The molecule has 0 aromatic heterocycles. The fourth-order valence-corrected chi connectivity index (χ4v) is 1.61. The number of aromatic carboxylic acids is 2. The molecule has 0 atom stereocenters. The molecule has 0 saturated heterocycles. The third kappa shape index (κ3) is 6.69. The Bertz CT molecular complexity index is 681. The summed E-state index contributed by atoms with van der Waals surface area (Å²) in [6, 6.07) is 7.36. The number of carbonyl (C=O) groups is 2. The van der Waals surface area contributed by atoms with Gasteiger partial charge in [0, 0.05) is 11.1 Å². The van der Waals surface area contributed by atoms with Gasteiger partial charge in [0.1, 0.15) is 0 Å². The molecule has 0 spiro atoms. The summed E-state index contributed by atoms with van der Waals surface area (Å²) in [7, 11) is 2.68. The molecule has 9 heteroatoms. The summed E-state index contributed by atoms with van der Waals surface area (Å²) in [5.41, 5.74) is -0.0469. The molecule has 0 amide bonds. The van der Waals surface area contributed by atoms with E-state index in [-0.39, 0.29) is 71.9 Å². The van der Waals surface area contributed by atoms with Gasteiger partial charge in [-0.1, -0.05) is 0 Å². The zero-order valence-corrected chi connectivity index (χ0v) is 15.7. The smallest absolute Gasteiger partial charge is 0.545 e. The Morgan fingerprint density at radius 3 is 1.36 bits per heavy atom. The van der Waals surface area contributed by atoms with Crippen LogP contribution in [0.1, 0.15) is 20.7 Å². The van der Waals surface area contributed by atoms with Crippen LogP contribution in [-0.4, -0.2) is 74.1 Å². The number of carbonyl (C=O) groups excluding carboxylic acids is 2. The Labute approximate surface area is 173 Å². The first kappa shape index (κ1) is 22.8. The number of carboxylic acid groups (broad SMARTS) is 2. The van der Waals surface area contributed by atoms with Gasteiger partial charge in [0.2, 0.25) is 0 Å². The minimum atomic E-state index is -1.30. The summed E-state index contributed by atoms with van der Waals surface area (Å²) < 4.78 is 9.39. The predicted molar refractivity (Wildman–Crippen MR) is 83.7 cm³/mol. The molecule has 0 aliphatic heterocycles. The molecule has 2 aromatic rings. The average molecular weight is 374 g/mol. The minimum Gasteiger partial charge on any atom is -0.545 e.